The zero-order valence-corrected chi connectivity index (χ0v) is 37.5. The molecule has 10 nitrogen and oxygen atoms in total. The van der Waals surface area contributed by atoms with Gasteiger partial charge in [0.15, 0.2) is 0 Å². The molecule has 6 aromatic rings. The molecule has 0 saturated heterocycles. The van der Waals surface area contributed by atoms with Crippen molar-refractivity contribution < 1.29 is 16.8 Å². The Morgan fingerprint density at radius 3 is 0.733 bits per heavy atom. The average Bonchev–Trinajstić information content (AvgIpc) is 3.18. The van der Waals surface area contributed by atoms with Crippen molar-refractivity contribution in [1.29, 1.82) is 0 Å². The van der Waals surface area contributed by atoms with Gasteiger partial charge in [-0.2, -0.15) is 16.8 Å². The number of sulfonamides is 2. The lowest BCUT2D eigenvalue weighted by Gasteiger charge is -2.18. The van der Waals surface area contributed by atoms with Gasteiger partial charge in [-0.25, -0.2) is 0 Å². The summed E-state index contributed by atoms with van der Waals surface area (Å²) in [6, 6.07) is 37.0. The Bertz CT molecular complexity index is 2400. The third-order valence-electron chi connectivity index (χ3n) is 9.96. The fourth-order valence-electron chi connectivity index (χ4n) is 6.44. The van der Waals surface area contributed by atoms with Gasteiger partial charge in [0, 0.05) is 22.7 Å². The second-order valence-electron chi connectivity index (χ2n) is 15.0. The number of hydrogen-bond acceptors (Lipinski definition) is 4. The Kier molecular flexibility index (Phi) is 14.4. The second kappa shape index (κ2) is 19.2. The molecule has 0 atom stereocenters. The summed E-state index contributed by atoms with van der Waals surface area (Å²) in [6.07, 6.45) is 0. The van der Waals surface area contributed by atoms with Crippen molar-refractivity contribution in [2.75, 3.05) is 21.3 Å². The van der Waals surface area contributed by atoms with Crippen LogP contribution >= 0.6 is 0 Å². The lowest BCUT2D eigenvalue weighted by Crippen LogP contribution is -2.25. The maximum Gasteiger partial charge on any atom is 0.285 e. The molecule has 6 rings (SSSR count). The van der Waals surface area contributed by atoms with Gasteiger partial charge in [0.05, 0.1) is 9.79 Å². The predicted molar refractivity (Wildman–Crippen MR) is 250 cm³/mol. The van der Waals surface area contributed by atoms with Crippen LogP contribution in [0, 0.1) is 69.2 Å². The highest BCUT2D eigenvalue weighted by molar-refractivity contribution is 7.90. The standard InChI is InChI=1S/2C24H27N3O2S/c2*1-16-12-14-21(15-13-16)30(28,29)27-24(25-22-17(2)8-6-9-18(22)3)26-23-19(4)10-7-11-20(23)5/h2*6-15H,1-5H3,(H2,25,26,27). The largest absolute Gasteiger partial charge is 0.325 e. The van der Waals surface area contributed by atoms with Gasteiger partial charge in [0.2, 0.25) is 11.9 Å². The summed E-state index contributed by atoms with van der Waals surface area (Å²) in [6.45, 7) is 19.6. The van der Waals surface area contributed by atoms with Crippen LogP contribution in [0.1, 0.15) is 55.6 Å². The lowest BCUT2D eigenvalue weighted by atomic mass is 10.1. The molecule has 12 heteroatoms. The van der Waals surface area contributed by atoms with Crippen molar-refractivity contribution in [2.45, 2.75) is 79.0 Å². The summed E-state index contributed by atoms with van der Waals surface area (Å²) >= 11 is 0. The van der Waals surface area contributed by atoms with Crippen molar-refractivity contribution in [1.82, 2.24) is 0 Å². The highest BCUT2D eigenvalue weighted by atomic mass is 32.2. The lowest BCUT2D eigenvalue weighted by molar-refractivity contribution is 0.596. The van der Waals surface area contributed by atoms with Gasteiger partial charge in [-0.3, -0.25) is 0 Å². The minimum absolute atomic E-state index is 0.150. The van der Waals surface area contributed by atoms with E-state index in [-0.39, 0.29) is 21.7 Å². The van der Waals surface area contributed by atoms with E-state index in [1.807, 2.05) is 142 Å². The minimum Gasteiger partial charge on any atom is -0.325 e. The first-order chi connectivity index (χ1) is 28.3. The second-order valence-corrected chi connectivity index (χ2v) is 18.2. The molecule has 0 saturated carbocycles. The number of benzene rings is 6. The van der Waals surface area contributed by atoms with Crippen molar-refractivity contribution in [2.24, 2.45) is 8.80 Å². The number of nitrogens with one attached hydrogen (secondary N) is 4. The molecule has 0 radical (unpaired) electrons. The molecule has 0 aliphatic heterocycles. The number of guanidine groups is 2. The maximum atomic E-state index is 13.0. The molecular formula is C48H54N6O4S2. The highest BCUT2D eigenvalue weighted by Crippen LogP contribution is 2.26. The molecule has 0 aliphatic rings. The summed E-state index contributed by atoms with van der Waals surface area (Å²) < 4.78 is 60.3. The van der Waals surface area contributed by atoms with Gasteiger partial charge >= 0.3 is 0 Å². The van der Waals surface area contributed by atoms with Gasteiger partial charge in [-0.1, -0.05) is 108 Å². The molecule has 0 aromatic heterocycles. The van der Waals surface area contributed by atoms with E-state index in [9.17, 15) is 16.8 Å². The first-order valence-electron chi connectivity index (χ1n) is 19.5. The Labute approximate surface area is 356 Å². The normalized spacial score (nSPS) is 11.1. The number of rotatable bonds is 8. The SMILES string of the molecule is Cc1ccc(S(=O)(=O)N=C(Nc2c(C)cccc2C)Nc2c(C)cccc2C)cc1.Cc1ccc(S(=O)(=O)N=C(Nc2c(C)cccc2C)Nc2c(C)cccc2C)cc1. The number of nitrogens with zero attached hydrogens (tertiary/aromatic N) is 2. The third kappa shape index (κ3) is 11.5. The van der Waals surface area contributed by atoms with Crippen molar-refractivity contribution in [3.63, 3.8) is 0 Å². The summed E-state index contributed by atoms with van der Waals surface area (Å²) in [5.74, 6) is 0.316. The van der Waals surface area contributed by atoms with Crippen molar-refractivity contribution in [3.05, 3.63) is 177 Å². The van der Waals surface area contributed by atoms with E-state index in [1.54, 1.807) is 48.5 Å². The molecule has 312 valence electrons. The van der Waals surface area contributed by atoms with Crippen LogP contribution in [0.25, 0.3) is 0 Å². The molecule has 0 amide bonds. The fourth-order valence-corrected chi connectivity index (χ4v) is 8.27. The summed E-state index contributed by atoms with van der Waals surface area (Å²) in [5.41, 5.74) is 13.3. The van der Waals surface area contributed by atoms with Crippen molar-refractivity contribution in [3.8, 4) is 0 Å². The van der Waals surface area contributed by atoms with Crippen LogP contribution in [0.15, 0.2) is 140 Å². The first-order valence-corrected chi connectivity index (χ1v) is 22.4. The topological polar surface area (TPSA) is 141 Å². The van der Waals surface area contributed by atoms with Crippen LogP contribution in [0.5, 0.6) is 0 Å². The minimum atomic E-state index is -3.90. The van der Waals surface area contributed by atoms with Crippen LogP contribution < -0.4 is 21.3 Å². The molecule has 6 aromatic carbocycles. The predicted octanol–water partition coefficient (Wildman–Crippen LogP) is 11.0. The zero-order valence-electron chi connectivity index (χ0n) is 35.9. The quantitative estimate of drug-likeness (QED) is 0.0877. The van der Waals surface area contributed by atoms with Gasteiger partial charge in [0.1, 0.15) is 0 Å². The molecule has 0 spiro atoms. The highest BCUT2D eigenvalue weighted by Gasteiger charge is 2.19. The summed E-state index contributed by atoms with van der Waals surface area (Å²) in [4.78, 5) is 0.300. The van der Waals surface area contributed by atoms with E-state index in [2.05, 4.69) is 30.1 Å². The molecule has 60 heavy (non-hydrogen) atoms. The van der Waals surface area contributed by atoms with E-state index in [0.717, 1.165) is 78.4 Å². The van der Waals surface area contributed by atoms with Crippen LogP contribution in [0.2, 0.25) is 0 Å². The monoisotopic (exact) mass is 842 g/mol. The number of aryl methyl sites for hydroxylation is 10. The van der Waals surface area contributed by atoms with E-state index in [1.165, 1.54) is 0 Å². The van der Waals surface area contributed by atoms with E-state index in [0.29, 0.717) is 0 Å². The van der Waals surface area contributed by atoms with Gasteiger partial charge in [0.25, 0.3) is 20.0 Å². The maximum absolute atomic E-state index is 13.0. The van der Waals surface area contributed by atoms with Gasteiger partial charge in [-0.05, 0) is 138 Å². The fraction of sp³-hybridized carbons (Fsp3) is 0.208. The van der Waals surface area contributed by atoms with Crippen LogP contribution in [0.3, 0.4) is 0 Å². The smallest absolute Gasteiger partial charge is 0.285 e. The first kappa shape index (κ1) is 44.9. The van der Waals surface area contributed by atoms with E-state index < -0.39 is 20.0 Å². The number of para-hydroxylation sites is 4. The molecule has 4 N–H and O–H groups in total. The molecular weight excluding hydrogens is 789 g/mol. The zero-order chi connectivity index (χ0) is 43.8. The van der Waals surface area contributed by atoms with E-state index >= 15 is 0 Å². The third-order valence-corrected chi connectivity index (χ3v) is 12.5. The summed E-state index contributed by atoms with van der Waals surface area (Å²) in [7, 11) is -7.81. The van der Waals surface area contributed by atoms with Gasteiger partial charge in [-0.15, -0.1) is 8.80 Å². The Morgan fingerprint density at radius 1 is 0.333 bits per heavy atom. The van der Waals surface area contributed by atoms with Crippen LogP contribution in [-0.2, 0) is 20.0 Å². The average molecular weight is 843 g/mol. The van der Waals surface area contributed by atoms with Crippen molar-refractivity contribution >= 4 is 54.7 Å². The Balaban J connectivity index is 0.000000228. The van der Waals surface area contributed by atoms with E-state index in [4.69, 9.17) is 0 Å². The molecule has 0 bridgehead atoms. The Hall–Kier alpha value is -6.24. The van der Waals surface area contributed by atoms with Crippen LogP contribution in [-0.4, -0.2) is 28.8 Å². The molecule has 0 unspecified atom stereocenters. The number of hydrogen-bond donors (Lipinski definition) is 4. The molecule has 0 heterocycles. The molecule has 0 aliphatic carbocycles. The molecule has 0 fully saturated rings. The van der Waals surface area contributed by atoms with Gasteiger partial charge < -0.3 is 21.3 Å². The summed E-state index contributed by atoms with van der Waals surface area (Å²) in [5, 5.41) is 12.9. The van der Waals surface area contributed by atoms with Crippen LogP contribution in [0.4, 0.5) is 22.7 Å². The number of anilines is 4. The Morgan fingerprint density at radius 2 is 0.533 bits per heavy atom.